The molecule has 1 atom stereocenters. The van der Waals surface area contributed by atoms with Crippen molar-refractivity contribution in [2.75, 3.05) is 24.9 Å². The van der Waals surface area contributed by atoms with E-state index in [1.54, 1.807) is 18.7 Å². The van der Waals surface area contributed by atoms with Gasteiger partial charge in [0.1, 0.15) is 11.9 Å². The Labute approximate surface area is 182 Å². The molecule has 0 spiro atoms. The van der Waals surface area contributed by atoms with Crippen molar-refractivity contribution in [3.8, 4) is 22.9 Å². The molecular weight excluding hydrogens is 412 g/mol. The standard InChI is InChI=1S/C23H26N4O3S/c1-14-5-8-21-18(11-14)15(2)30-23-22(24)25-13-20(26-23)19-12-17(27-31(3,4)28)7-6-16(19)9-10-29-21/h5-8,11-13,15H,9-10H2,1-4H3,(H2,24,25)/t15-/m1/s1. The van der Waals surface area contributed by atoms with Crippen molar-refractivity contribution >= 4 is 21.2 Å². The summed E-state index contributed by atoms with van der Waals surface area (Å²) in [6.45, 7) is 4.45. The Morgan fingerprint density at radius 1 is 1.19 bits per heavy atom. The van der Waals surface area contributed by atoms with E-state index in [0.29, 0.717) is 24.4 Å². The van der Waals surface area contributed by atoms with Crippen molar-refractivity contribution in [3.63, 3.8) is 0 Å². The van der Waals surface area contributed by atoms with Crippen molar-refractivity contribution in [3.05, 3.63) is 59.3 Å². The minimum Gasteiger partial charge on any atom is -0.493 e. The van der Waals surface area contributed by atoms with Gasteiger partial charge >= 0.3 is 0 Å². The minimum atomic E-state index is -2.29. The first-order valence-corrected chi connectivity index (χ1v) is 12.4. The maximum Gasteiger partial charge on any atom is 0.258 e. The van der Waals surface area contributed by atoms with Crippen LogP contribution in [0.5, 0.6) is 11.6 Å². The molecule has 2 aromatic carbocycles. The third-order valence-corrected chi connectivity index (χ3v) is 5.63. The summed E-state index contributed by atoms with van der Waals surface area (Å²) in [6.07, 6.45) is 5.17. The molecule has 2 N–H and O–H groups in total. The highest BCUT2D eigenvalue weighted by Crippen LogP contribution is 2.35. The number of hydrogen-bond acceptors (Lipinski definition) is 7. The zero-order valence-corrected chi connectivity index (χ0v) is 18.9. The topological polar surface area (TPSA) is 99.7 Å². The Bertz CT molecular complexity index is 1260. The fourth-order valence-corrected chi connectivity index (χ4v) is 4.17. The molecule has 0 saturated carbocycles. The van der Waals surface area contributed by atoms with Crippen LogP contribution in [0, 0.1) is 6.92 Å². The lowest BCUT2D eigenvalue weighted by molar-refractivity contribution is 0.209. The largest absolute Gasteiger partial charge is 0.493 e. The summed E-state index contributed by atoms with van der Waals surface area (Å²) < 4.78 is 28.8. The number of aromatic nitrogens is 2. The van der Waals surface area contributed by atoms with Gasteiger partial charge in [-0.25, -0.2) is 14.2 Å². The molecule has 0 saturated heterocycles. The van der Waals surface area contributed by atoms with E-state index in [9.17, 15) is 4.21 Å². The molecule has 0 aliphatic carbocycles. The quantitative estimate of drug-likeness (QED) is 0.602. The van der Waals surface area contributed by atoms with E-state index in [-0.39, 0.29) is 17.8 Å². The van der Waals surface area contributed by atoms with Crippen LogP contribution in [0.15, 0.2) is 47.0 Å². The van der Waals surface area contributed by atoms with Crippen molar-refractivity contribution in [1.82, 2.24) is 9.97 Å². The number of nitrogens with two attached hydrogens (primary N) is 1. The van der Waals surface area contributed by atoms with Crippen molar-refractivity contribution in [2.24, 2.45) is 4.36 Å². The third-order valence-electron chi connectivity index (χ3n) is 4.98. The van der Waals surface area contributed by atoms with Crippen molar-refractivity contribution in [1.29, 1.82) is 0 Å². The van der Waals surface area contributed by atoms with E-state index >= 15 is 0 Å². The summed E-state index contributed by atoms with van der Waals surface area (Å²) in [7, 11) is -2.29. The highest BCUT2D eigenvalue weighted by molar-refractivity contribution is 7.92. The lowest BCUT2D eigenvalue weighted by Gasteiger charge is -2.21. The summed E-state index contributed by atoms with van der Waals surface area (Å²) in [4.78, 5) is 8.98. The molecule has 2 bridgehead atoms. The maximum absolute atomic E-state index is 12.2. The van der Waals surface area contributed by atoms with Gasteiger partial charge in [-0.15, -0.1) is 0 Å². The summed E-state index contributed by atoms with van der Waals surface area (Å²) in [6, 6.07) is 11.7. The molecule has 7 nitrogen and oxygen atoms in total. The number of fused-ring (bicyclic) bond motifs is 5. The predicted octanol–water partition coefficient (Wildman–Crippen LogP) is 4.47. The van der Waals surface area contributed by atoms with Gasteiger partial charge in [-0.1, -0.05) is 17.7 Å². The van der Waals surface area contributed by atoms with Gasteiger partial charge in [0.2, 0.25) is 0 Å². The predicted molar refractivity (Wildman–Crippen MR) is 123 cm³/mol. The number of benzene rings is 2. The van der Waals surface area contributed by atoms with Crippen LogP contribution in [0.2, 0.25) is 0 Å². The number of aryl methyl sites for hydroxylation is 1. The molecule has 0 unspecified atom stereocenters. The van der Waals surface area contributed by atoms with Crippen LogP contribution in [0.4, 0.5) is 11.5 Å². The summed E-state index contributed by atoms with van der Waals surface area (Å²) in [5.41, 5.74) is 11.2. The molecule has 4 rings (SSSR count). The molecule has 8 heteroatoms. The maximum atomic E-state index is 12.2. The first-order valence-electron chi connectivity index (χ1n) is 10.0. The van der Waals surface area contributed by atoms with Crippen molar-refractivity contribution < 1.29 is 13.7 Å². The van der Waals surface area contributed by atoms with E-state index in [1.807, 2.05) is 50.2 Å². The van der Waals surface area contributed by atoms with E-state index in [4.69, 9.17) is 15.2 Å². The van der Waals surface area contributed by atoms with Gasteiger partial charge in [-0.3, -0.25) is 0 Å². The molecule has 1 aliphatic heterocycles. The number of anilines is 1. The molecule has 31 heavy (non-hydrogen) atoms. The number of rotatable bonds is 1. The van der Waals surface area contributed by atoms with Crippen LogP contribution in [0.1, 0.15) is 29.7 Å². The molecule has 1 aliphatic rings. The third kappa shape index (κ3) is 4.80. The fourth-order valence-electron chi connectivity index (χ4n) is 3.55. The summed E-state index contributed by atoms with van der Waals surface area (Å²) in [5.74, 6) is 1.25. The van der Waals surface area contributed by atoms with Crippen LogP contribution in [0.25, 0.3) is 11.3 Å². The summed E-state index contributed by atoms with van der Waals surface area (Å²) in [5, 5.41) is 0. The molecular formula is C23H26N4O3S. The Morgan fingerprint density at radius 2 is 2.00 bits per heavy atom. The second kappa shape index (κ2) is 8.19. The van der Waals surface area contributed by atoms with Gasteiger partial charge in [0.15, 0.2) is 5.82 Å². The molecule has 0 amide bonds. The monoisotopic (exact) mass is 438 g/mol. The van der Waals surface area contributed by atoms with Gasteiger partial charge in [-0.2, -0.15) is 4.36 Å². The number of nitrogens with zero attached hydrogens (tertiary/aromatic N) is 3. The molecule has 0 fully saturated rings. The smallest absolute Gasteiger partial charge is 0.258 e. The first-order chi connectivity index (χ1) is 14.7. The van der Waals surface area contributed by atoms with Crippen LogP contribution in [0.3, 0.4) is 0 Å². The second-order valence-corrected chi connectivity index (χ2v) is 10.5. The van der Waals surface area contributed by atoms with Crippen LogP contribution in [-0.2, 0) is 16.1 Å². The lowest BCUT2D eigenvalue weighted by atomic mass is 10.0. The van der Waals surface area contributed by atoms with E-state index in [0.717, 1.165) is 28.0 Å². The molecule has 162 valence electrons. The first kappa shape index (κ1) is 21.1. The zero-order valence-electron chi connectivity index (χ0n) is 18.1. The van der Waals surface area contributed by atoms with Crippen LogP contribution >= 0.6 is 0 Å². The molecule has 2 heterocycles. The van der Waals surface area contributed by atoms with Gasteiger partial charge in [0.05, 0.1) is 24.2 Å². The number of hydrogen-bond donors (Lipinski definition) is 1. The zero-order chi connectivity index (χ0) is 22.2. The molecule has 3 aromatic rings. The Hall–Kier alpha value is -3.13. The Balaban J connectivity index is 1.86. The van der Waals surface area contributed by atoms with E-state index < -0.39 is 9.73 Å². The van der Waals surface area contributed by atoms with E-state index in [2.05, 4.69) is 14.3 Å². The highest BCUT2D eigenvalue weighted by atomic mass is 32.2. The SMILES string of the molecule is Cc1ccc2c(c1)[C@@H](C)Oc1nc(cnc1N)-c1cc(N=S(C)(C)=O)ccc1CCO2. The highest BCUT2D eigenvalue weighted by Gasteiger charge is 2.19. The van der Waals surface area contributed by atoms with Gasteiger partial charge < -0.3 is 15.2 Å². The average Bonchev–Trinajstić information content (AvgIpc) is 2.69. The van der Waals surface area contributed by atoms with Gasteiger partial charge in [-0.05, 0) is 43.7 Å². The molecule has 0 radical (unpaired) electrons. The number of ether oxygens (including phenoxy) is 2. The second-order valence-electron chi connectivity index (χ2n) is 7.96. The van der Waals surface area contributed by atoms with Gasteiger partial charge in [0.25, 0.3) is 5.88 Å². The fraction of sp³-hybridized carbons (Fsp3) is 0.304. The van der Waals surface area contributed by atoms with Crippen molar-refractivity contribution in [2.45, 2.75) is 26.4 Å². The lowest BCUT2D eigenvalue weighted by Crippen LogP contribution is -2.12. The van der Waals surface area contributed by atoms with Crippen LogP contribution < -0.4 is 15.2 Å². The normalized spacial score (nSPS) is 15.9. The molecule has 1 aromatic heterocycles. The average molecular weight is 439 g/mol. The minimum absolute atomic E-state index is 0.218. The van der Waals surface area contributed by atoms with E-state index in [1.165, 1.54) is 0 Å². The van der Waals surface area contributed by atoms with Crippen LogP contribution in [-0.4, -0.2) is 33.3 Å². The summed E-state index contributed by atoms with van der Waals surface area (Å²) >= 11 is 0. The number of nitrogen functional groups attached to an aromatic ring is 1. The Kier molecular flexibility index (Phi) is 5.58. The van der Waals surface area contributed by atoms with Gasteiger partial charge in [0, 0.05) is 39.8 Å². The Morgan fingerprint density at radius 3 is 2.77 bits per heavy atom.